The van der Waals surface area contributed by atoms with Crippen molar-refractivity contribution in [1.82, 2.24) is 20.0 Å². The highest BCUT2D eigenvalue weighted by molar-refractivity contribution is 5.94. The lowest BCUT2D eigenvalue weighted by Crippen LogP contribution is -2.48. The summed E-state index contributed by atoms with van der Waals surface area (Å²) in [5, 5.41) is 7.94. The molecule has 5 nitrogen and oxygen atoms in total. The molecule has 2 aliphatic heterocycles. The van der Waals surface area contributed by atoms with Crippen molar-refractivity contribution in [1.29, 1.82) is 0 Å². The average molecular weight is 361 g/mol. The molecule has 0 radical (unpaired) electrons. The van der Waals surface area contributed by atoms with E-state index in [9.17, 15) is 4.79 Å². The molecule has 25 heavy (non-hydrogen) atoms. The number of amides is 1. The van der Waals surface area contributed by atoms with E-state index in [0.29, 0.717) is 18.1 Å². The molecule has 2 aromatic rings. The molecule has 1 aromatic heterocycles. The molecule has 6 heteroatoms. The van der Waals surface area contributed by atoms with Crippen molar-refractivity contribution in [2.24, 2.45) is 0 Å². The molecule has 2 bridgehead atoms. The monoisotopic (exact) mass is 360 g/mol. The molecular formula is C19H25ClN4O. The third-order valence-electron chi connectivity index (χ3n) is 5.51. The van der Waals surface area contributed by atoms with Crippen LogP contribution in [0.3, 0.4) is 0 Å². The summed E-state index contributed by atoms with van der Waals surface area (Å²) in [6.07, 6.45) is 6.43. The van der Waals surface area contributed by atoms with Gasteiger partial charge in [-0.25, -0.2) is 4.68 Å². The van der Waals surface area contributed by atoms with Crippen LogP contribution in [0.1, 0.15) is 41.7 Å². The van der Waals surface area contributed by atoms with Gasteiger partial charge in [0.1, 0.15) is 0 Å². The van der Waals surface area contributed by atoms with Gasteiger partial charge in [0.05, 0.1) is 5.69 Å². The molecule has 1 aromatic carbocycles. The van der Waals surface area contributed by atoms with Gasteiger partial charge in [0.2, 0.25) is 0 Å². The number of benzene rings is 1. The number of aromatic nitrogens is 2. The Morgan fingerprint density at radius 2 is 1.80 bits per heavy atom. The maximum atomic E-state index is 12.8. The van der Waals surface area contributed by atoms with Gasteiger partial charge >= 0.3 is 0 Å². The van der Waals surface area contributed by atoms with Gasteiger partial charge in [0, 0.05) is 42.6 Å². The Morgan fingerprint density at radius 3 is 2.36 bits per heavy atom. The van der Waals surface area contributed by atoms with Gasteiger partial charge in [-0.2, -0.15) is 5.10 Å². The van der Waals surface area contributed by atoms with Crippen LogP contribution in [0, 0.1) is 6.92 Å². The lowest BCUT2D eigenvalue weighted by molar-refractivity contribution is 0.0681. The first-order chi connectivity index (χ1) is 11.6. The van der Waals surface area contributed by atoms with Crippen LogP contribution < -0.4 is 5.32 Å². The Kier molecular flexibility index (Phi) is 5.16. The fraction of sp³-hybridized carbons (Fsp3) is 0.474. The van der Waals surface area contributed by atoms with Crippen molar-refractivity contribution in [3.63, 3.8) is 0 Å². The first kappa shape index (κ1) is 18.0. The summed E-state index contributed by atoms with van der Waals surface area (Å²) in [5.74, 6) is 0.116. The zero-order valence-corrected chi connectivity index (χ0v) is 15.5. The minimum absolute atomic E-state index is 0. The normalized spacial score (nSPS) is 24.6. The number of carbonyl (C=O) groups excluding carboxylic acids is 1. The van der Waals surface area contributed by atoms with E-state index in [1.165, 1.54) is 12.8 Å². The van der Waals surface area contributed by atoms with E-state index in [2.05, 4.69) is 10.4 Å². The Bertz CT molecular complexity index is 730. The van der Waals surface area contributed by atoms with E-state index < -0.39 is 0 Å². The minimum atomic E-state index is 0. The van der Waals surface area contributed by atoms with E-state index in [1.54, 1.807) is 6.20 Å². The van der Waals surface area contributed by atoms with Crippen molar-refractivity contribution >= 4 is 18.3 Å². The zero-order chi connectivity index (χ0) is 16.7. The van der Waals surface area contributed by atoms with Crippen LogP contribution in [0.5, 0.6) is 0 Å². The number of halogens is 1. The quantitative estimate of drug-likeness (QED) is 0.915. The molecule has 1 amide bonds. The summed E-state index contributed by atoms with van der Waals surface area (Å²) in [7, 11) is 1.95. The number of fused-ring (bicyclic) bond motifs is 2. The van der Waals surface area contributed by atoms with Gasteiger partial charge in [-0.15, -0.1) is 12.4 Å². The summed E-state index contributed by atoms with van der Waals surface area (Å²) < 4.78 is 1.88. The van der Waals surface area contributed by atoms with E-state index in [1.807, 2.05) is 53.9 Å². The first-order valence-electron chi connectivity index (χ1n) is 8.76. The second-order valence-corrected chi connectivity index (χ2v) is 7.11. The van der Waals surface area contributed by atoms with Gasteiger partial charge < -0.3 is 10.2 Å². The highest BCUT2D eigenvalue weighted by Gasteiger charge is 2.36. The largest absolute Gasteiger partial charge is 0.339 e. The van der Waals surface area contributed by atoms with E-state index in [-0.39, 0.29) is 18.3 Å². The van der Waals surface area contributed by atoms with Gasteiger partial charge in [-0.3, -0.25) is 4.79 Å². The van der Waals surface area contributed by atoms with Crippen LogP contribution in [0.4, 0.5) is 0 Å². The molecule has 134 valence electrons. The predicted molar refractivity (Wildman–Crippen MR) is 101 cm³/mol. The van der Waals surface area contributed by atoms with Crippen LogP contribution in [0.15, 0.2) is 36.5 Å². The van der Waals surface area contributed by atoms with Crippen LogP contribution in [0.2, 0.25) is 0 Å². The molecule has 2 fully saturated rings. The molecule has 0 aliphatic carbocycles. The van der Waals surface area contributed by atoms with E-state index >= 15 is 0 Å². The summed E-state index contributed by atoms with van der Waals surface area (Å²) in [5.41, 5.74) is 2.81. The third-order valence-corrected chi connectivity index (χ3v) is 5.51. The maximum Gasteiger partial charge on any atom is 0.253 e. The van der Waals surface area contributed by atoms with Crippen LogP contribution in [-0.2, 0) is 0 Å². The minimum Gasteiger partial charge on any atom is -0.339 e. The number of carbonyl (C=O) groups is 1. The smallest absolute Gasteiger partial charge is 0.253 e. The first-order valence-corrected chi connectivity index (χ1v) is 8.76. The molecule has 4 rings (SSSR count). The van der Waals surface area contributed by atoms with Crippen molar-refractivity contribution in [2.75, 3.05) is 7.05 Å². The molecular weight excluding hydrogens is 336 g/mol. The molecule has 2 unspecified atom stereocenters. The number of hydrogen-bond acceptors (Lipinski definition) is 3. The van der Waals surface area contributed by atoms with Crippen LogP contribution in [-0.4, -0.2) is 45.8 Å². The summed E-state index contributed by atoms with van der Waals surface area (Å²) in [4.78, 5) is 14.8. The lowest BCUT2D eigenvalue weighted by atomic mass is 9.98. The molecule has 2 saturated heterocycles. The fourth-order valence-electron chi connectivity index (χ4n) is 4.10. The molecule has 0 saturated carbocycles. The summed E-state index contributed by atoms with van der Waals surface area (Å²) in [6, 6.07) is 11.3. The Hall–Kier alpha value is -1.85. The topological polar surface area (TPSA) is 50.2 Å². The standard InChI is InChI=1S/C19H24N4O.ClH/c1-13-9-10-20-23(13)17-7-3-14(4-8-17)19(24)22(2)18-11-15-5-6-16(12-18)21-15;/h3-4,7-10,15-16,18,21H,5-6,11-12H2,1-2H3;1H. The highest BCUT2D eigenvalue weighted by atomic mass is 35.5. The number of piperidine rings is 1. The number of rotatable bonds is 3. The van der Waals surface area contributed by atoms with E-state index in [4.69, 9.17) is 0 Å². The second-order valence-electron chi connectivity index (χ2n) is 7.11. The predicted octanol–water partition coefficient (Wildman–Crippen LogP) is 2.96. The number of nitrogens with one attached hydrogen (secondary N) is 1. The Morgan fingerprint density at radius 1 is 1.16 bits per heavy atom. The van der Waals surface area contributed by atoms with Crippen molar-refractivity contribution in [3.8, 4) is 5.69 Å². The number of hydrogen-bond donors (Lipinski definition) is 1. The Labute approximate surface area is 154 Å². The van der Waals surface area contributed by atoms with Gasteiger partial charge in [0.15, 0.2) is 0 Å². The van der Waals surface area contributed by atoms with Crippen LogP contribution in [0.25, 0.3) is 5.69 Å². The van der Waals surface area contributed by atoms with Crippen LogP contribution >= 0.6 is 12.4 Å². The Balaban J connectivity index is 0.00000182. The molecule has 1 N–H and O–H groups in total. The maximum absolute atomic E-state index is 12.8. The highest BCUT2D eigenvalue weighted by Crippen LogP contribution is 2.29. The summed E-state index contributed by atoms with van der Waals surface area (Å²) >= 11 is 0. The average Bonchev–Trinajstić information content (AvgIpc) is 3.18. The van der Waals surface area contributed by atoms with Gasteiger partial charge in [-0.1, -0.05) is 0 Å². The SMILES string of the molecule is Cc1ccnn1-c1ccc(C(=O)N(C)C2CC3CCC(C2)N3)cc1.Cl. The molecule has 0 spiro atoms. The summed E-state index contributed by atoms with van der Waals surface area (Å²) in [6.45, 7) is 2.02. The lowest BCUT2D eigenvalue weighted by Gasteiger charge is -2.35. The molecule has 2 atom stereocenters. The molecule has 3 heterocycles. The fourth-order valence-corrected chi connectivity index (χ4v) is 4.10. The van der Waals surface area contributed by atoms with E-state index in [0.717, 1.165) is 29.8 Å². The van der Waals surface area contributed by atoms with Gasteiger partial charge in [-0.05, 0) is 62.9 Å². The van der Waals surface area contributed by atoms with Crippen molar-refractivity contribution < 1.29 is 4.79 Å². The zero-order valence-electron chi connectivity index (χ0n) is 14.7. The molecule has 2 aliphatic rings. The number of aryl methyl sites for hydroxylation is 1. The second kappa shape index (κ2) is 7.18. The van der Waals surface area contributed by atoms with Crippen molar-refractivity contribution in [3.05, 3.63) is 47.8 Å². The third kappa shape index (κ3) is 3.44. The van der Waals surface area contributed by atoms with Gasteiger partial charge in [0.25, 0.3) is 5.91 Å². The van der Waals surface area contributed by atoms with Crippen molar-refractivity contribution in [2.45, 2.75) is 50.7 Å². The number of nitrogens with zero attached hydrogens (tertiary/aromatic N) is 3.